The second-order valence-electron chi connectivity index (χ2n) is 10.2. The topological polar surface area (TPSA) is 73.4 Å². The molecule has 0 radical (unpaired) electrons. The van der Waals surface area contributed by atoms with Crippen LogP contribution in [0.3, 0.4) is 0 Å². The molecule has 1 aromatic carbocycles. The molecule has 4 atom stereocenters. The molecule has 6 rings (SSSR count). The van der Waals surface area contributed by atoms with E-state index < -0.39 is 0 Å². The molecule has 2 aliphatic heterocycles. The molecule has 2 aliphatic carbocycles. The molecule has 2 aromatic rings. The van der Waals surface area contributed by atoms with Crippen molar-refractivity contribution >= 4 is 29.1 Å². The molecular weight excluding hydrogens is 448 g/mol. The highest BCUT2D eigenvalue weighted by Gasteiger charge is 2.52. The number of anilines is 2. The van der Waals surface area contributed by atoms with E-state index in [-0.39, 0.29) is 17.9 Å². The van der Waals surface area contributed by atoms with Crippen molar-refractivity contribution in [3.63, 3.8) is 0 Å². The normalized spacial score (nSPS) is 26.4. The van der Waals surface area contributed by atoms with Crippen molar-refractivity contribution in [3.05, 3.63) is 59.0 Å². The van der Waals surface area contributed by atoms with Gasteiger partial charge >= 0.3 is 0 Å². The molecule has 2 N–H and O–H groups in total. The van der Waals surface area contributed by atoms with Crippen LogP contribution in [0.1, 0.15) is 55.6 Å². The van der Waals surface area contributed by atoms with E-state index in [4.69, 9.17) is 16.6 Å². The summed E-state index contributed by atoms with van der Waals surface area (Å²) in [6.07, 6.45) is 5.92. The van der Waals surface area contributed by atoms with Crippen LogP contribution >= 0.6 is 11.6 Å². The number of aromatic nitrogens is 2. The number of carbonyl (C=O) groups excluding carboxylic acids is 1. The number of rotatable bonds is 6. The molecular formula is C26H31ClN6O. The third-order valence-electron chi connectivity index (χ3n) is 7.62. The summed E-state index contributed by atoms with van der Waals surface area (Å²) in [4.78, 5) is 27.5. The van der Waals surface area contributed by atoms with Crippen LogP contribution < -0.4 is 15.5 Å². The monoisotopic (exact) mass is 478 g/mol. The highest BCUT2D eigenvalue weighted by Crippen LogP contribution is 2.45. The van der Waals surface area contributed by atoms with Gasteiger partial charge in [-0.25, -0.2) is 9.97 Å². The standard InChI is InChI=1S/C26H31ClN6O/c1-15-11-16(2)31-24-23(15)25(30-14-29-24)32-9-10-33(22-12-21(22)32)26(34)20(13-28-19-7-8-19)17-3-5-18(27)6-4-17/h3-6,14-15,19-22,28H,2,7-13H2,1H3,(H,29,30,31)/t15-,20-,21+,22-/m1/s1. The van der Waals surface area contributed by atoms with E-state index in [9.17, 15) is 4.79 Å². The van der Waals surface area contributed by atoms with Crippen molar-refractivity contribution in [2.75, 3.05) is 29.9 Å². The van der Waals surface area contributed by atoms with Gasteiger partial charge in [-0.15, -0.1) is 0 Å². The minimum absolute atomic E-state index is 0.187. The molecule has 0 bridgehead atoms. The largest absolute Gasteiger partial charge is 0.349 e. The Balaban J connectivity index is 1.21. The number of benzene rings is 1. The SMILES string of the molecule is C=C1C[C@@H](C)c2c(ncnc2N2CCN(C(=O)[C@H](CNC3CC3)c3ccc(Cl)cc3)[C@@H]3C[C@@H]32)N1. The molecule has 178 valence electrons. The van der Waals surface area contributed by atoms with Crippen LogP contribution in [-0.2, 0) is 4.79 Å². The maximum atomic E-state index is 13.8. The van der Waals surface area contributed by atoms with Gasteiger partial charge < -0.3 is 20.4 Å². The lowest BCUT2D eigenvalue weighted by atomic mass is 9.93. The number of nitrogens with one attached hydrogen (secondary N) is 2. The van der Waals surface area contributed by atoms with Crippen molar-refractivity contribution in [2.24, 2.45) is 0 Å². The summed E-state index contributed by atoms with van der Waals surface area (Å²) in [5, 5.41) is 7.61. The van der Waals surface area contributed by atoms with Crippen LogP contribution in [0.4, 0.5) is 11.6 Å². The van der Waals surface area contributed by atoms with Gasteiger partial charge in [0.1, 0.15) is 18.0 Å². The Hall–Kier alpha value is -2.64. The zero-order chi connectivity index (χ0) is 23.4. The summed E-state index contributed by atoms with van der Waals surface area (Å²) in [5.74, 6) is 2.24. The number of nitrogens with zero attached hydrogens (tertiary/aromatic N) is 4. The third-order valence-corrected chi connectivity index (χ3v) is 7.88. The fraction of sp³-hybridized carbons (Fsp3) is 0.500. The maximum absolute atomic E-state index is 13.8. The van der Waals surface area contributed by atoms with Crippen molar-refractivity contribution in [3.8, 4) is 0 Å². The van der Waals surface area contributed by atoms with Crippen LogP contribution in [0.2, 0.25) is 5.02 Å². The lowest BCUT2D eigenvalue weighted by Gasteiger charge is -2.38. The highest BCUT2D eigenvalue weighted by molar-refractivity contribution is 6.30. The average Bonchev–Trinajstić information content (AvgIpc) is 3.73. The Morgan fingerprint density at radius 1 is 1.24 bits per heavy atom. The molecule has 34 heavy (non-hydrogen) atoms. The predicted octanol–water partition coefficient (Wildman–Crippen LogP) is 3.89. The number of hydrogen-bond acceptors (Lipinski definition) is 6. The van der Waals surface area contributed by atoms with E-state index in [2.05, 4.69) is 38.9 Å². The predicted molar refractivity (Wildman–Crippen MR) is 134 cm³/mol. The zero-order valence-electron chi connectivity index (χ0n) is 19.5. The van der Waals surface area contributed by atoms with Gasteiger partial charge in [-0.3, -0.25) is 4.79 Å². The Morgan fingerprint density at radius 2 is 2.03 bits per heavy atom. The van der Waals surface area contributed by atoms with E-state index >= 15 is 0 Å². The van der Waals surface area contributed by atoms with Crippen LogP contribution in [0.15, 0.2) is 42.9 Å². The molecule has 7 nitrogen and oxygen atoms in total. The number of carbonyl (C=O) groups is 1. The number of allylic oxidation sites excluding steroid dienone is 1. The molecule has 8 heteroatoms. The fourth-order valence-corrected chi connectivity index (χ4v) is 5.72. The van der Waals surface area contributed by atoms with Gasteiger partial charge in [0.25, 0.3) is 0 Å². The number of halogens is 1. The molecule has 1 amide bonds. The minimum Gasteiger partial charge on any atom is -0.349 e. The van der Waals surface area contributed by atoms with Gasteiger partial charge in [0.2, 0.25) is 5.91 Å². The maximum Gasteiger partial charge on any atom is 0.231 e. The Kier molecular flexibility index (Phi) is 5.49. The number of amides is 1. The smallest absolute Gasteiger partial charge is 0.231 e. The second-order valence-corrected chi connectivity index (χ2v) is 10.6. The van der Waals surface area contributed by atoms with Gasteiger partial charge in [0.15, 0.2) is 0 Å². The minimum atomic E-state index is -0.187. The molecule has 1 saturated heterocycles. The molecule has 1 aromatic heterocycles. The second kappa shape index (κ2) is 8.54. The Labute approximate surface area is 205 Å². The van der Waals surface area contributed by atoms with Crippen LogP contribution in [0, 0.1) is 0 Å². The van der Waals surface area contributed by atoms with E-state index in [1.807, 2.05) is 24.3 Å². The lowest BCUT2D eigenvalue weighted by Crippen LogP contribution is -2.51. The van der Waals surface area contributed by atoms with Gasteiger partial charge in [-0.1, -0.05) is 37.2 Å². The molecule has 3 heterocycles. The molecule has 4 aliphatic rings. The summed E-state index contributed by atoms with van der Waals surface area (Å²) < 4.78 is 0. The summed E-state index contributed by atoms with van der Waals surface area (Å²) in [7, 11) is 0. The average molecular weight is 479 g/mol. The first-order chi connectivity index (χ1) is 16.5. The summed E-state index contributed by atoms with van der Waals surface area (Å²) >= 11 is 6.12. The first-order valence-corrected chi connectivity index (χ1v) is 12.7. The zero-order valence-corrected chi connectivity index (χ0v) is 20.3. The number of fused-ring (bicyclic) bond motifs is 2. The summed E-state index contributed by atoms with van der Waals surface area (Å²) in [6.45, 7) is 8.48. The summed E-state index contributed by atoms with van der Waals surface area (Å²) in [6, 6.07) is 8.87. The van der Waals surface area contributed by atoms with Crippen LogP contribution in [-0.4, -0.2) is 58.5 Å². The molecule has 2 saturated carbocycles. The van der Waals surface area contributed by atoms with Gasteiger partial charge in [0.05, 0.1) is 18.0 Å². The highest BCUT2D eigenvalue weighted by atomic mass is 35.5. The molecule has 0 unspecified atom stereocenters. The van der Waals surface area contributed by atoms with E-state index in [1.165, 1.54) is 18.4 Å². The fourth-order valence-electron chi connectivity index (χ4n) is 5.60. The van der Waals surface area contributed by atoms with Gasteiger partial charge in [-0.2, -0.15) is 0 Å². The number of hydrogen-bond donors (Lipinski definition) is 2. The van der Waals surface area contributed by atoms with Crippen molar-refractivity contribution < 1.29 is 4.79 Å². The molecule has 0 spiro atoms. The van der Waals surface area contributed by atoms with Crippen LogP contribution in [0.25, 0.3) is 0 Å². The van der Waals surface area contributed by atoms with Gasteiger partial charge in [-0.05, 0) is 49.3 Å². The molecule has 3 fully saturated rings. The Morgan fingerprint density at radius 3 is 2.79 bits per heavy atom. The first kappa shape index (κ1) is 21.9. The third kappa shape index (κ3) is 4.05. The van der Waals surface area contributed by atoms with E-state index in [0.29, 0.717) is 36.1 Å². The van der Waals surface area contributed by atoms with Crippen molar-refractivity contribution in [1.82, 2.24) is 20.2 Å². The van der Waals surface area contributed by atoms with E-state index in [1.54, 1.807) is 6.33 Å². The lowest BCUT2D eigenvalue weighted by molar-refractivity contribution is -0.133. The van der Waals surface area contributed by atoms with Crippen molar-refractivity contribution in [1.29, 1.82) is 0 Å². The summed E-state index contributed by atoms with van der Waals surface area (Å²) in [5.41, 5.74) is 3.21. The van der Waals surface area contributed by atoms with Gasteiger partial charge in [0, 0.05) is 42.0 Å². The van der Waals surface area contributed by atoms with Crippen LogP contribution in [0.5, 0.6) is 0 Å². The quantitative estimate of drug-likeness (QED) is 0.656. The first-order valence-electron chi connectivity index (χ1n) is 12.3. The van der Waals surface area contributed by atoms with E-state index in [0.717, 1.165) is 42.3 Å². The van der Waals surface area contributed by atoms with Crippen molar-refractivity contribution in [2.45, 2.75) is 62.6 Å². The number of piperazine rings is 1. The Bertz CT molecular complexity index is 1120.